The number of nitrogens with one attached hydrogen (secondary N) is 1. The van der Waals surface area contributed by atoms with Crippen LogP contribution in [0, 0.1) is 10.1 Å². The number of imide groups is 1. The second kappa shape index (κ2) is 4.96. The Kier molecular flexibility index (Phi) is 3.34. The summed E-state index contributed by atoms with van der Waals surface area (Å²) in [5.74, 6) is -2.55. The molecule has 0 atom stereocenters. The van der Waals surface area contributed by atoms with Gasteiger partial charge >= 0.3 is 5.69 Å². The van der Waals surface area contributed by atoms with Crippen molar-refractivity contribution in [2.75, 3.05) is 13.1 Å². The minimum atomic E-state index is -0.790. The average molecular weight is 279 g/mol. The minimum Gasteiger partial charge on any atom is -0.502 e. The zero-order valence-corrected chi connectivity index (χ0v) is 10.0. The third-order valence-corrected chi connectivity index (χ3v) is 2.65. The summed E-state index contributed by atoms with van der Waals surface area (Å²) in [6, 6.07) is 3.06. The zero-order chi connectivity index (χ0) is 14.9. The Balaban J connectivity index is 2.25. The standard InChI is InChI=1S/C11H9N3O6/c15-8-3-6(1-2-7(8)14(19)20)11(18)13-4-9(16)12-10(17)5-13/h1-3,15H,4-5H2,(H,12,16,17). The molecule has 1 aliphatic rings. The summed E-state index contributed by atoms with van der Waals surface area (Å²) in [7, 11) is 0. The highest BCUT2D eigenvalue weighted by Gasteiger charge is 2.28. The van der Waals surface area contributed by atoms with Crippen LogP contribution in [0.4, 0.5) is 5.69 Å². The molecule has 0 saturated carbocycles. The quantitative estimate of drug-likeness (QED) is 0.422. The molecule has 1 aromatic carbocycles. The lowest BCUT2D eigenvalue weighted by molar-refractivity contribution is -0.385. The van der Waals surface area contributed by atoms with Crippen molar-refractivity contribution >= 4 is 23.4 Å². The van der Waals surface area contributed by atoms with Crippen molar-refractivity contribution in [3.05, 3.63) is 33.9 Å². The molecule has 1 heterocycles. The first kappa shape index (κ1) is 13.5. The Morgan fingerprint density at radius 3 is 2.40 bits per heavy atom. The fraction of sp³-hybridized carbons (Fsp3) is 0.182. The Bertz CT molecular complexity index is 611. The highest BCUT2D eigenvalue weighted by Crippen LogP contribution is 2.26. The molecule has 9 nitrogen and oxygen atoms in total. The molecule has 0 unspecified atom stereocenters. The molecule has 9 heteroatoms. The lowest BCUT2D eigenvalue weighted by Crippen LogP contribution is -2.53. The van der Waals surface area contributed by atoms with E-state index in [9.17, 15) is 29.6 Å². The van der Waals surface area contributed by atoms with E-state index in [2.05, 4.69) is 0 Å². The molecule has 0 spiro atoms. The number of amides is 3. The number of rotatable bonds is 2. The van der Waals surface area contributed by atoms with Gasteiger partial charge in [-0.25, -0.2) is 0 Å². The van der Waals surface area contributed by atoms with Crippen LogP contribution in [-0.4, -0.2) is 45.7 Å². The van der Waals surface area contributed by atoms with E-state index in [1.807, 2.05) is 5.32 Å². The number of nitrogens with zero attached hydrogens (tertiary/aromatic N) is 2. The SMILES string of the molecule is O=C1CN(C(=O)c2ccc([N+](=O)[O-])c(O)c2)CC(=O)N1. The summed E-state index contributed by atoms with van der Waals surface area (Å²) in [5.41, 5.74) is -0.579. The topological polar surface area (TPSA) is 130 Å². The van der Waals surface area contributed by atoms with Crippen molar-refractivity contribution in [1.82, 2.24) is 10.2 Å². The van der Waals surface area contributed by atoms with Crippen molar-refractivity contribution in [2.24, 2.45) is 0 Å². The van der Waals surface area contributed by atoms with Crippen LogP contribution in [0.15, 0.2) is 18.2 Å². The molecule has 1 fully saturated rings. The Morgan fingerprint density at radius 2 is 1.90 bits per heavy atom. The number of aromatic hydroxyl groups is 1. The zero-order valence-electron chi connectivity index (χ0n) is 10.0. The number of benzene rings is 1. The third kappa shape index (κ3) is 2.55. The van der Waals surface area contributed by atoms with Gasteiger partial charge in [-0.3, -0.25) is 29.8 Å². The van der Waals surface area contributed by atoms with Gasteiger partial charge in [-0.15, -0.1) is 0 Å². The van der Waals surface area contributed by atoms with Crippen molar-refractivity contribution in [1.29, 1.82) is 0 Å². The van der Waals surface area contributed by atoms with Gasteiger partial charge in [0.25, 0.3) is 5.91 Å². The van der Waals surface area contributed by atoms with E-state index < -0.39 is 34.1 Å². The first-order valence-corrected chi connectivity index (χ1v) is 5.48. The van der Waals surface area contributed by atoms with Crippen LogP contribution in [0.25, 0.3) is 0 Å². The fourth-order valence-electron chi connectivity index (χ4n) is 1.77. The smallest absolute Gasteiger partial charge is 0.310 e. The monoisotopic (exact) mass is 279 g/mol. The lowest BCUT2D eigenvalue weighted by atomic mass is 10.1. The molecule has 0 aromatic heterocycles. The van der Waals surface area contributed by atoms with Crippen LogP contribution in [0.3, 0.4) is 0 Å². The van der Waals surface area contributed by atoms with Gasteiger partial charge < -0.3 is 10.0 Å². The molecule has 1 aliphatic heterocycles. The van der Waals surface area contributed by atoms with E-state index in [0.717, 1.165) is 23.1 Å². The third-order valence-electron chi connectivity index (χ3n) is 2.65. The van der Waals surface area contributed by atoms with Gasteiger partial charge in [-0.1, -0.05) is 0 Å². The molecule has 20 heavy (non-hydrogen) atoms. The predicted octanol–water partition coefficient (Wildman–Crippen LogP) is -0.601. The molecule has 2 rings (SSSR count). The van der Waals surface area contributed by atoms with Crippen LogP contribution < -0.4 is 5.32 Å². The van der Waals surface area contributed by atoms with Gasteiger partial charge in [0.2, 0.25) is 11.8 Å². The van der Waals surface area contributed by atoms with Crippen LogP contribution in [0.5, 0.6) is 5.75 Å². The summed E-state index contributed by atoms with van der Waals surface area (Å²) >= 11 is 0. The minimum absolute atomic E-state index is 0.0457. The van der Waals surface area contributed by atoms with Gasteiger partial charge in [0, 0.05) is 11.6 Å². The largest absolute Gasteiger partial charge is 0.502 e. The summed E-state index contributed by atoms with van der Waals surface area (Å²) in [4.78, 5) is 45.1. The number of piperazine rings is 1. The van der Waals surface area contributed by atoms with E-state index >= 15 is 0 Å². The van der Waals surface area contributed by atoms with Gasteiger partial charge in [-0.2, -0.15) is 0 Å². The number of carbonyl (C=O) groups is 3. The first-order valence-electron chi connectivity index (χ1n) is 5.48. The van der Waals surface area contributed by atoms with E-state index in [1.165, 1.54) is 0 Å². The molecule has 104 valence electrons. The number of phenolic OH excluding ortho intramolecular Hbond substituents is 1. The molecular formula is C11H9N3O6. The van der Waals surface area contributed by atoms with Gasteiger partial charge in [0.05, 0.1) is 4.92 Å². The number of nitro benzene ring substituents is 1. The number of hydrogen-bond donors (Lipinski definition) is 2. The van der Waals surface area contributed by atoms with E-state index in [4.69, 9.17) is 0 Å². The summed E-state index contributed by atoms with van der Waals surface area (Å²) in [6.07, 6.45) is 0. The molecule has 1 saturated heterocycles. The van der Waals surface area contributed by atoms with Crippen molar-refractivity contribution < 1.29 is 24.4 Å². The number of carbonyl (C=O) groups excluding carboxylic acids is 3. The van der Waals surface area contributed by atoms with Gasteiger partial charge in [-0.05, 0) is 12.1 Å². The molecule has 0 bridgehead atoms. The summed E-state index contributed by atoms with van der Waals surface area (Å²) < 4.78 is 0. The second-order valence-corrected chi connectivity index (χ2v) is 4.09. The maximum atomic E-state index is 12.0. The Labute approximate surface area is 111 Å². The average Bonchev–Trinajstić information content (AvgIpc) is 2.36. The van der Waals surface area contributed by atoms with E-state index in [-0.39, 0.29) is 18.7 Å². The predicted molar refractivity (Wildman–Crippen MR) is 63.8 cm³/mol. The molecule has 1 aromatic rings. The first-order chi connectivity index (χ1) is 9.38. The molecule has 2 N–H and O–H groups in total. The van der Waals surface area contributed by atoms with E-state index in [1.54, 1.807) is 0 Å². The maximum Gasteiger partial charge on any atom is 0.310 e. The van der Waals surface area contributed by atoms with Crippen LogP contribution in [0.2, 0.25) is 0 Å². The number of nitro groups is 1. The fourth-order valence-corrected chi connectivity index (χ4v) is 1.77. The van der Waals surface area contributed by atoms with Gasteiger partial charge in [0.1, 0.15) is 13.1 Å². The Hall–Kier alpha value is -2.97. The molecular weight excluding hydrogens is 270 g/mol. The van der Waals surface area contributed by atoms with Crippen LogP contribution in [0.1, 0.15) is 10.4 Å². The van der Waals surface area contributed by atoms with Gasteiger partial charge in [0.15, 0.2) is 5.75 Å². The van der Waals surface area contributed by atoms with Crippen molar-refractivity contribution in [3.8, 4) is 5.75 Å². The van der Waals surface area contributed by atoms with Crippen molar-refractivity contribution in [3.63, 3.8) is 0 Å². The van der Waals surface area contributed by atoms with Crippen LogP contribution in [-0.2, 0) is 9.59 Å². The number of phenols is 1. The Morgan fingerprint density at radius 1 is 1.30 bits per heavy atom. The molecule has 0 aliphatic carbocycles. The highest BCUT2D eigenvalue weighted by atomic mass is 16.6. The molecule has 0 radical (unpaired) electrons. The highest BCUT2D eigenvalue weighted by molar-refractivity contribution is 6.05. The molecule has 3 amide bonds. The number of hydrogen-bond acceptors (Lipinski definition) is 6. The van der Waals surface area contributed by atoms with Crippen molar-refractivity contribution in [2.45, 2.75) is 0 Å². The normalized spacial score (nSPS) is 14.9. The summed E-state index contributed by atoms with van der Waals surface area (Å²) in [6.45, 7) is -0.579. The van der Waals surface area contributed by atoms with Crippen LogP contribution >= 0.6 is 0 Å². The maximum absolute atomic E-state index is 12.0. The second-order valence-electron chi connectivity index (χ2n) is 4.09. The summed E-state index contributed by atoms with van der Waals surface area (Å²) in [5, 5.41) is 22.0. The lowest BCUT2D eigenvalue weighted by Gasteiger charge is -2.25. The van der Waals surface area contributed by atoms with E-state index in [0.29, 0.717) is 0 Å².